The van der Waals surface area contributed by atoms with Crippen LogP contribution in [-0.4, -0.2) is 27.7 Å². The second-order valence-corrected chi connectivity index (χ2v) is 6.64. The first-order chi connectivity index (χ1) is 14.9. The Morgan fingerprint density at radius 1 is 0.969 bits per heavy atom. The van der Waals surface area contributed by atoms with E-state index < -0.39 is 57.9 Å². The van der Waals surface area contributed by atoms with Crippen LogP contribution in [-0.2, 0) is 5.54 Å². The number of H-pyrrole nitrogens is 1. The van der Waals surface area contributed by atoms with Crippen LogP contribution in [0.1, 0.15) is 11.3 Å². The minimum absolute atomic E-state index is 0.310. The van der Waals surface area contributed by atoms with Gasteiger partial charge in [-0.05, 0) is 36.4 Å². The van der Waals surface area contributed by atoms with Crippen molar-refractivity contribution in [3.8, 4) is 5.69 Å². The van der Waals surface area contributed by atoms with Crippen molar-refractivity contribution in [3.05, 3.63) is 80.6 Å². The first-order valence-corrected chi connectivity index (χ1v) is 8.62. The summed E-state index contributed by atoms with van der Waals surface area (Å²) in [6, 6.07) is 5.81. The molecule has 3 heterocycles. The van der Waals surface area contributed by atoms with Gasteiger partial charge in [-0.15, -0.1) is 0 Å². The molecule has 3 aromatic rings. The van der Waals surface area contributed by atoms with Gasteiger partial charge in [0.25, 0.3) is 5.56 Å². The summed E-state index contributed by atoms with van der Waals surface area (Å²) in [7, 11) is 0. The average Bonchev–Trinajstić information content (AvgIpc) is 3.21. The molecule has 0 amide bonds. The van der Waals surface area contributed by atoms with Crippen molar-refractivity contribution in [2.45, 2.75) is 17.9 Å². The Kier molecular flexibility index (Phi) is 4.57. The lowest BCUT2D eigenvalue weighted by molar-refractivity contribution is -0.658. The van der Waals surface area contributed by atoms with Gasteiger partial charge in [0.05, 0.1) is 12.0 Å². The molecule has 1 aromatic carbocycles. The summed E-state index contributed by atoms with van der Waals surface area (Å²) in [5, 5.41) is 2.22. The Balaban J connectivity index is 2.18. The number of aromatic nitrogens is 2. The highest BCUT2D eigenvalue weighted by atomic mass is 19.4. The maximum atomic E-state index is 14.1. The molecule has 0 unspecified atom stereocenters. The third-order valence-electron chi connectivity index (χ3n) is 4.74. The highest BCUT2D eigenvalue weighted by Crippen LogP contribution is 2.48. The van der Waals surface area contributed by atoms with Crippen LogP contribution in [0.2, 0.25) is 0 Å². The zero-order valence-corrected chi connectivity index (χ0v) is 15.4. The molecule has 0 saturated heterocycles. The minimum atomic E-state index is -6.10. The average molecular weight is 463 g/mol. The number of furan rings is 1. The highest BCUT2D eigenvalue weighted by molar-refractivity contribution is 6.03. The number of amidine groups is 1. The van der Waals surface area contributed by atoms with E-state index in [0.717, 1.165) is 36.6 Å². The van der Waals surface area contributed by atoms with Crippen LogP contribution >= 0.6 is 0 Å². The summed E-state index contributed by atoms with van der Waals surface area (Å²) in [6.07, 6.45) is -11.2. The molecule has 3 N–H and O–H groups in total. The molecule has 7 nitrogen and oxygen atoms in total. The molecule has 32 heavy (non-hydrogen) atoms. The molecular formula is C18H10F7N4O3+. The number of alkyl halides is 6. The topological polar surface area (TPSA) is 94.0 Å². The lowest BCUT2D eigenvalue weighted by Gasteiger charge is -2.34. The molecule has 14 heteroatoms. The Labute approximate surface area is 171 Å². The number of nitrogens with zero attached hydrogens (tertiary/aromatic N) is 1. The van der Waals surface area contributed by atoms with E-state index >= 15 is 0 Å². The number of benzene rings is 1. The Bertz CT molecular complexity index is 1300. The first kappa shape index (κ1) is 21.4. The van der Waals surface area contributed by atoms with E-state index in [0.29, 0.717) is 4.57 Å². The number of hydrogen-bond donors (Lipinski definition) is 3. The van der Waals surface area contributed by atoms with Crippen molar-refractivity contribution < 1.29 is 40.1 Å². The number of hydrogen-bond acceptors (Lipinski definition) is 4. The van der Waals surface area contributed by atoms with E-state index in [9.17, 15) is 40.3 Å². The normalized spacial score (nSPS) is 15.7. The Morgan fingerprint density at radius 3 is 2.12 bits per heavy atom. The number of halogens is 7. The molecule has 4 rings (SSSR count). The van der Waals surface area contributed by atoms with Crippen LogP contribution in [0, 0.1) is 5.82 Å². The van der Waals surface area contributed by atoms with E-state index in [1.54, 1.807) is 0 Å². The highest BCUT2D eigenvalue weighted by Gasteiger charge is 2.78. The lowest BCUT2D eigenvalue weighted by atomic mass is 9.88. The molecule has 0 aliphatic carbocycles. The van der Waals surface area contributed by atoms with E-state index in [4.69, 9.17) is 4.42 Å². The molecular weight excluding hydrogens is 453 g/mol. The molecule has 0 spiro atoms. The Morgan fingerprint density at radius 2 is 1.59 bits per heavy atom. The van der Waals surface area contributed by atoms with Gasteiger partial charge in [-0.25, -0.2) is 24.1 Å². The van der Waals surface area contributed by atoms with Crippen LogP contribution in [0.3, 0.4) is 0 Å². The van der Waals surface area contributed by atoms with Gasteiger partial charge in [-0.2, -0.15) is 26.3 Å². The number of anilines is 1. The third-order valence-corrected chi connectivity index (χ3v) is 4.74. The van der Waals surface area contributed by atoms with Crippen molar-refractivity contribution in [2.24, 2.45) is 0 Å². The van der Waals surface area contributed by atoms with Crippen molar-refractivity contribution in [1.82, 2.24) is 9.55 Å². The molecule has 168 valence electrons. The smallest absolute Gasteiger partial charge is 0.446 e. The van der Waals surface area contributed by atoms with Crippen LogP contribution in [0.5, 0.6) is 0 Å². The van der Waals surface area contributed by atoms with E-state index in [2.05, 4.69) is 5.32 Å². The summed E-state index contributed by atoms with van der Waals surface area (Å²) in [5.74, 6) is -3.27. The molecule has 0 saturated carbocycles. The van der Waals surface area contributed by atoms with E-state index in [-0.39, 0.29) is 5.69 Å². The Hall–Kier alpha value is -3.84. The summed E-state index contributed by atoms with van der Waals surface area (Å²) in [4.78, 5) is 27.6. The summed E-state index contributed by atoms with van der Waals surface area (Å²) >= 11 is 0. The maximum Gasteiger partial charge on any atom is 0.446 e. The zero-order chi connectivity index (χ0) is 23.5. The number of nitrogens with one attached hydrogen (secondary N) is 3. The van der Waals surface area contributed by atoms with Gasteiger partial charge >= 0.3 is 29.4 Å². The van der Waals surface area contributed by atoms with Crippen molar-refractivity contribution in [3.63, 3.8) is 0 Å². The largest absolute Gasteiger partial charge is 0.456 e. The molecule has 0 radical (unpaired) electrons. The van der Waals surface area contributed by atoms with Gasteiger partial charge < -0.3 is 4.42 Å². The monoisotopic (exact) mass is 463 g/mol. The fourth-order valence-electron chi connectivity index (χ4n) is 3.37. The standard InChI is InChI=1S/C18H9F7N4O3/c19-8-3-5-9(6-4-8)29-13-11(14(30)27-15(29)31)16(17(20,21)22,18(23,24)25)28-12(26-13)10-2-1-7-32-10/h1-7H,(H,26,28)(H,27,30,31)/p+1. The molecule has 1 aliphatic rings. The fourth-order valence-corrected chi connectivity index (χ4v) is 3.37. The van der Waals surface area contributed by atoms with Crippen LogP contribution in [0.15, 0.2) is 56.7 Å². The summed E-state index contributed by atoms with van der Waals surface area (Å²) < 4.78 is 103. The van der Waals surface area contributed by atoms with Gasteiger partial charge in [0.15, 0.2) is 0 Å². The van der Waals surface area contributed by atoms with Crippen molar-refractivity contribution >= 4 is 11.7 Å². The van der Waals surface area contributed by atoms with Crippen LogP contribution in [0.4, 0.5) is 36.6 Å². The molecule has 2 aromatic heterocycles. The van der Waals surface area contributed by atoms with Gasteiger partial charge in [0, 0.05) is 0 Å². The molecule has 0 fully saturated rings. The lowest BCUT2D eigenvalue weighted by Crippen LogP contribution is -2.97. The summed E-state index contributed by atoms with van der Waals surface area (Å²) in [5.41, 5.74) is -10.3. The van der Waals surface area contributed by atoms with E-state index in [1.807, 2.05) is 0 Å². The van der Waals surface area contributed by atoms with Gasteiger partial charge in [-0.1, -0.05) is 0 Å². The second kappa shape index (κ2) is 6.83. The quantitative estimate of drug-likeness (QED) is 0.503. The first-order valence-electron chi connectivity index (χ1n) is 8.62. The zero-order valence-electron chi connectivity index (χ0n) is 15.4. The summed E-state index contributed by atoms with van der Waals surface area (Å²) in [6.45, 7) is 0. The molecule has 0 atom stereocenters. The minimum Gasteiger partial charge on any atom is -0.456 e. The predicted octanol–water partition coefficient (Wildman–Crippen LogP) is 1.53. The molecule has 1 aliphatic heterocycles. The van der Waals surface area contributed by atoms with Gasteiger partial charge in [0.2, 0.25) is 11.6 Å². The van der Waals surface area contributed by atoms with Crippen LogP contribution in [0.25, 0.3) is 5.69 Å². The second-order valence-electron chi connectivity index (χ2n) is 6.64. The number of rotatable bonds is 2. The number of fused-ring (bicyclic) bond motifs is 1. The van der Waals surface area contributed by atoms with Gasteiger partial charge in [-0.3, -0.25) is 9.78 Å². The fraction of sp³-hybridized carbons (Fsp3) is 0.167. The maximum absolute atomic E-state index is 14.1. The molecule has 0 bridgehead atoms. The van der Waals surface area contributed by atoms with Gasteiger partial charge in [0.1, 0.15) is 11.4 Å². The number of aromatic amines is 1. The van der Waals surface area contributed by atoms with Crippen molar-refractivity contribution in [2.75, 3.05) is 5.32 Å². The third kappa shape index (κ3) is 3.01. The predicted molar refractivity (Wildman–Crippen MR) is 93.8 cm³/mol. The van der Waals surface area contributed by atoms with E-state index in [1.165, 1.54) is 16.0 Å². The SMILES string of the molecule is O=c1[nH]c(=O)n(-c2ccc(F)cc2)c2c1C(C(F)(F)F)(C(F)(F)F)[NH+]=C(c1ccco1)N2. The van der Waals surface area contributed by atoms with Crippen LogP contribution < -0.4 is 21.6 Å². The van der Waals surface area contributed by atoms with Crippen molar-refractivity contribution in [1.29, 1.82) is 0 Å².